The minimum absolute atomic E-state index is 0.217. The number of aliphatic hydroxyl groups is 1. The van der Waals surface area contributed by atoms with Crippen LogP contribution < -0.4 is 19.7 Å². The number of ether oxygens (including phenoxy) is 2. The van der Waals surface area contributed by atoms with Gasteiger partial charge >= 0.3 is 6.36 Å². The first-order valence-electron chi connectivity index (χ1n) is 11.0. The van der Waals surface area contributed by atoms with Crippen LogP contribution in [0.2, 0.25) is 5.02 Å². The number of piperidine rings is 1. The number of rotatable bonds is 6. The molecule has 1 fully saturated rings. The largest absolute Gasteiger partial charge is 0.573 e. The van der Waals surface area contributed by atoms with Crippen molar-refractivity contribution in [3.05, 3.63) is 65.2 Å². The van der Waals surface area contributed by atoms with Gasteiger partial charge in [-0.3, -0.25) is 4.79 Å². The van der Waals surface area contributed by atoms with Crippen LogP contribution in [0.3, 0.4) is 0 Å². The van der Waals surface area contributed by atoms with Crippen LogP contribution >= 0.6 is 11.6 Å². The van der Waals surface area contributed by atoms with Crippen LogP contribution in [-0.2, 0) is 0 Å². The number of anilines is 1. The summed E-state index contributed by atoms with van der Waals surface area (Å²) in [6, 6.07) is 8.49. The second-order valence-electron chi connectivity index (χ2n) is 8.44. The molecule has 0 spiro atoms. The molecular weight excluding hydrogens is 501 g/mol. The van der Waals surface area contributed by atoms with E-state index in [1.165, 1.54) is 19.2 Å². The van der Waals surface area contributed by atoms with Gasteiger partial charge in [-0.05, 0) is 49.7 Å². The zero-order valence-corrected chi connectivity index (χ0v) is 20.2. The van der Waals surface area contributed by atoms with E-state index >= 15 is 0 Å². The van der Waals surface area contributed by atoms with Crippen LogP contribution in [-0.4, -0.2) is 59.3 Å². The van der Waals surface area contributed by atoms with E-state index in [9.17, 15) is 23.1 Å². The number of aryl methyl sites for hydroxylation is 1. The number of amides is 1. The molecule has 1 aromatic heterocycles. The number of β-amino-alcohol motifs (C(OH)–C–C–N with tert-alkyl or cyclic N) is 1. The van der Waals surface area contributed by atoms with Gasteiger partial charge in [-0.1, -0.05) is 11.6 Å². The molecule has 36 heavy (non-hydrogen) atoms. The average Bonchev–Trinajstić information content (AvgIpc) is 3.24. The predicted octanol–water partition coefficient (Wildman–Crippen LogP) is 4.11. The first-order valence-corrected chi connectivity index (χ1v) is 11.4. The van der Waals surface area contributed by atoms with E-state index in [-0.39, 0.29) is 17.5 Å². The molecule has 2 aromatic carbocycles. The van der Waals surface area contributed by atoms with Crippen molar-refractivity contribution < 1.29 is 32.5 Å². The number of carbonyl (C=O) groups is 1. The van der Waals surface area contributed by atoms with Gasteiger partial charge in [0.2, 0.25) is 0 Å². The highest BCUT2D eigenvalue weighted by atomic mass is 35.5. The lowest BCUT2D eigenvalue weighted by Gasteiger charge is -2.37. The van der Waals surface area contributed by atoms with E-state index in [2.05, 4.69) is 15.0 Å². The third kappa shape index (κ3) is 6.03. The van der Waals surface area contributed by atoms with E-state index < -0.39 is 24.3 Å². The maximum absolute atomic E-state index is 13.0. The third-order valence-electron chi connectivity index (χ3n) is 5.70. The first kappa shape index (κ1) is 25.6. The molecule has 0 saturated carbocycles. The number of benzene rings is 2. The van der Waals surface area contributed by atoms with Gasteiger partial charge in [-0.15, -0.1) is 13.2 Å². The smallest absolute Gasteiger partial charge is 0.495 e. The van der Waals surface area contributed by atoms with Crippen LogP contribution in [0.15, 0.2) is 48.9 Å². The Morgan fingerprint density at radius 2 is 1.97 bits per heavy atom. The van der Waals surface area contributed by atoms with E-state index in [1.807, 2.05) is 13.1 Å². The molecule has 192 valence electrons. The van der Waals surface area contributed by atoms with Gasteiger partial charge in [-0.25, -0.2) is 4.98 Å². The Morgan fingerprint density at radius 3 is 2.61 bits per heavy atom. The zero-order chi connectivity index (χ0) is 26.0. The third-order valence-corrected chi connectivity index (χ3v) is 6.00. The van der Waals surface area contributed by atoms with Crippen molar-refractivity contribution >= 4 is 23.2 Å². The molecule has 12 heteroatoms. The maximum Gasteiger partial charge on any atom is 0.573 e. The number of nitrogens with zero attached hydrogens (tertiary/aromatic N) is 3. The number of methoxy groups -OCH3 is 1. The quantitative estimate of drug-likeness (QED) is 0.504. The van der Waals surface area contributed by atoms with Gasteiger partial charge in [-0.2, -0.15) is 0 Å². The summed E-state index contributed by atoms with van der Waals surface area (Å²) in [5, 5.41) is 13.1. The van der Waals surface area contributed by atoms with Crippen molar-refractivity contribution in [2.24, 2.45) is 0 Å². The Kier molecular flexibility index (Phi) is 7.32. The molecular formula is C24H24ClF3N4O4. The van der Waals surface area contributed by atoms with Crippen LogP contribution in [0.1, 0.15) is 22.5 Å². The van der Waals surface area contributed by atoms with Crippen LogP contribution in [0.5, 0.6) is 11.5 Å². The Balaban J connectivity index is 1.47. The standard InChI is InChI=1S/C24H24ClF3N4O4/c1-14-10-32(13-29-14)20-5-3-15(7-22(20)35-2)23(34)30-16-8-18(33)12-31(11-16)17-4-6-21(19(25)9-17)36-24(26,27)28/h3-7,9-10,13,16,18,33H,8,11-12H2,1-2H3,(H,30,34). The summed E-state index contributed by atoms with van der Waals surface area (Å²) < 4.78 is 48.7. The van der Waals surface area contributed by atoms with Crippen molar-refractivity contribution in [1.29, 1.82) is 0 Å². The van der Waals surface area contributed by atoms with Gasteiger partial charge in [0.1, 0.15) is 11.5 Å². The van der Waals surface area contributed by atoms with Gasteiger partial charge in [0.15, 0.2) is 0 Å². The monoisotopic (exact) mass is 524 g/mol. The lowest BCUT2D eigenvalue weighted by atomic mass is 10.0. The van der Waals surface area contributed by atoms with Crippen molar-refractivity contribution in [3.8, 4) is 17.2 Å². The fourth-order valence-electron chi connectivity index (χ4n) is 4.14. The second kappa shape index (κ2) is 10.3. The molecule has 2 heterocycles. The topological polar surface area (TPSA) is 88.9 Å². The van der Waals surface area contributed by atoms with Gasteiger partial charge in [0.05, 0.1) is 35.9 Å². The molecule has 0 bridgehead atoms. The number of carbonyl (C=O) groups excluding carboxylic acids is 1. The van der Waals surface area contributed by atoms with E-state index in [1.54, 1.807) is 34.0 Å². The summed E-state index contributed by atoms with van der Waals surface area (Å²) in [5.41, 5.74) is 2.43. The summed E-state index contributed by atoms with van der Waals surface area (Å²) in [6.45, 7) is 2.42. The molecule has 0 aliphatic carbocycles. The Labute approximate surface area is 210 Å². The highest BCUT2D eigenvalue weighted by Crippen LogP contribution is 2.34. The minimum atomic E-state index is -4.86. The fourth-order valence-corrected chi connectivity index (χ4v) is 4.35. The number of hydrogen-bond donors (Lipinski definition) is 2. The number of halogens is 4. The number of alkyl halides is 3. The highest BCUT2D eigenvalue weighted by molar-refractivity contribution is 6.32. The number of aliphatic hydroxyl groups excluding tert-OH is 1. The number of aromatic nitrogens is 2. The van der Waals surface area contributed by atoms with Crippen LogP contribution in [0, 0.1) is 6.92 Å². The van der Waals surface area contributed by atoms with Gasteiger partial charge in [0.25, 0.3) is 5.91 Å². The molecule has 1 saturated heterocycles. The first-order chi connectivity index (χ1) is 17.0. The molecule has 2 N–H and O–H groups in total. The second-order valence-corrected chi connectivity index (χ2v) is 8.84. The number of nitrogens with one attached hydrogen (secondary N) is 1. The number of hydrogen-bond acceptors (Lipinski definition) is 6. The Bertz CT molecular complexity index is 1250. The molecule has 1 amide bonds. The van der Waals surface area contributed by atoms with Crippen LogP contribution in [0.25, 0.3) is 5.69 Å². The lowest BCUT2D eigenvalue weighted by molar-refractivity contribution is -0.274. The maximum atomic E-state index is 13.0. The fraction of sp³-hybridized carbons (Fsp3) is 0.333. The molecule has 1 aliphatic rings. The Morgan fingerprint density at radius 1 is 1.19 bits per heavy atom. The van der Waals surface area contributed by atoms with Crippen molar-refractivity contribution in [1.82, 2.24) is 14.9 Å². The SMILES string of the molecule is COc1cc(C(=O)NC2CC(O)CN(c3ccc(OC(F)(F)F)c(Cl)c3)C2)ccc1-n1cnc(C)c1. The van der Waals surface area contributed by atoms with E-state index in [0.29, 0.717) is 30.0 Å². The van der Waals surface area contributed by atoms with Crippen molar-refractivity contribution in [3.63, 3.8) is 0 Å². The molecule has 8 nitrogen and oxygen atoms in total. The minimum Gasteiger partial charge on any atom is -0.495 e. The van der Waals surface area contributed by atoms with Crippen molar-refractivity contribution in [2.75, 3.05) is 25.1 Å². The molecule has 1 aliphatic heterocycles. The van der Waals surface area contributed by atoms with Gasteiger partial charge in [0, 0.05) is 36.6 Å². The van der Waals surface area contributed by atoms with E-state index in [0.717, 1.165) is 17.4 Å². The predicted molar refractivity (Wildman–Crippen MR) is 127 cm³/mol. The highest BCUT2D eigenvalue weighted by Gasteiger charge is 2.33. The molecule has 3 aromatic rings. The summed E-state index contributed by atoms with van der Waals surface area (Å²) in [6.07, 6.45) is -1.83. The summed E-state index contributed by atoms with van der Waals surface area (Å²) in [7, 11) is 1.51. The molecule has 2 unspecified atom stereocenters. The average molecular weight is 525 g/mol. The zero-order valence-electron chi connectivity index (χ0n) is 19.4. The Hall–Kier alpha value is -3.44. The number of imidazole rings is 1. The van der Waals surface area contributed by atoms with Crippen LogP contribution in [0.4, 0.5) is 18.9 Å². The summed E-state index contributed by atoms with van der Waals surface area (Å²) in [4.78, 5) is 18.9. The summed E-state index contributed by atoms with van der Waals surface area (Å²) >= 11 is 5.98. The van der Waals surface area contributed by atoms with E-state index in [4.69, 9.17) is 16.3 Å². The van der Waals surface area contributed by atoms with Crippen molar-refractivity contribution in [2.45, 2.75) is 31.9 Å². The summed E-state index contributed by atoms with van der Waals surface area (Å²) in [5.74, 6) is -0.382. The molecule has 4 rings (SSSR count). The molecule has 2 atom stereocenters. The van der Waals surface area contributed by atoms with Gasteiger partial charge < -0.3 is 29.4 Å². The lowest BCUT2D eigenvalue weighted by Crippen LogP contribution is -2.52. The molecule has 0 radical (unpaired) electrons. The normalized spacial score (nSPS) is 18.1.